The highest BCUT2D eigenvalue weighted by molar-refractivity contribution is 5.60. The van der Waals surface area contributed by atoms with Crippen molar-refractivity contribution in [2.45, 2.75) is 44.3 Å². The van der Waals surface area contributed by atoms with Gasteiger partial charge in [0, 0.05) is 50.3 Å². The summed E-state index contributed by atoms with van der Waals surface area (Å²) in [7, 11) is 2.06. The monoisotopic (exact) mass is 380 g/mol. The Hall–Kier alpha value is -2.45. The summed E-state index contributed by atoms with van der Waals surface area (Å²) in [5, 5.41) is 2.11. The summed E-state index contributed by atoms with van der Waals surface area (Å²) in [5.41, 5.74) is 13.2. The van der Waals surface area contributed by atoms with E-state index < -0.39 is 0 Å². The lowest BCUT2D eigenvalue weighted by atomic mass is 9.91. The van der Waals surface area contributed by atoms with Crippen LogP contribution in [0.3, 0.4) is 0 Å². The zero-order valence-electron chi connectivity index (χ0n) is 16.6. The lowest BCUT2D eigenvalue weighted by Crippen LogP contribution is -2.48. The third kappa shape index (κ3) is 2.97. The summed E-state index contributed by atoms with van der Waals surface area (Å²) in [4.78, 5) is 18.8. The molecule has 0 saturated carbocycles. The molecule has 28 heavy (non-hydrogen) atoms. The second-order valence-corrected chi connectivity index (χ2v) is 8.50. The summed E-state index contributed by atoms with van der Waals surface area (Å²) in [6.45, 7) is 4.97. The van der Waals surface area contributed by atoms with Crippen molar-refractivity contribution in [3.8, 4) is 0 Å². The molecule has 0 spiro atoms. The van der Waals surface area contributed by atoms with Gasteiger partial charge in [0.05, 0.1) is 6.20 Å². The predicted molar refractivity (Wildman–Crippen MR) is 110 cm³/mol. The number of rotatable bonds is 2. The summed E-state index contributed by atoms with van der Waals surface area (Å²) in [6, 6.07) is 2.11. The Morgan fingerprint density at radius 3 is 2.86 bits per heavy atom. The molecule has 148 valence electrons. The van der Waals surface area contributed by atoms with Crippen molar-refractivity contribution in [3.63, 3.8) is 0 Å². The highest BCUT2D eigenvalue weighted by Gasteiger charge is 2.37. The number of aromatic nitrogens is 3. The number of nitrogens with zero attached hydrogens (tertiary/aromatic N) is 6. The molecule has 1 fully saturated rings. The minimum atomic E-state index is -0.0687. The van der Waals surface area contributed by atoms with Gasteiger partial charge >= 0.3 is 0 Å². The Morgan fingerprint density at radius 2 is 2.04 bits per heavy atom. The molecule has 2 aromatic rings. The fourth-order valence-corrected chi connectivity index (χ4v) is 4.53. The van der Waals surface area contributed by atoms with Crippen LogP contribution in [-0.4, -0.2) is 52.2 Å². The zero-order chi connectivity index (χ0) is 19.3. The Balaban J connectivity index is 1.43. The van der Waals surface area contributed by atoms with E-state index >= 15 is 0 Å². The van der Waals surface area contributed by atoms with Crippen LogP contribution in [0.5, 0.6) is 0 Å². The van der Waals surface area contributed by atoms with Crippen LogP contribution in [0.25, 0.3) is 0 Å². The number of hydrogen-bond donors (Lipinski definition) is 2. The molecule has 1 unspecified atom stereocenters. The number of anilines is 3. The van der Waals surface area contributed by atoms with Crippen molar-refractivity contribution in [1.82, 2.24) is 20.0 Å². The standard InChI is InChI=1S/C20H28N8/c1-20(21)6-10-27(11-7-20)16-13-23-17-18(24-16)25-26(2)19(17)28-9-3-4-14-12-22-8-5-15(14)28/h5,8,12-13,19H,3-4,6-7,9-11,21H2,1-2H3,(H,24,25). The highest BCUT2D eigenvalue weighted by Crippen LogP contribution is 2.40. The minimum Gasteiger partial charge on any atom is -0.355 e. The Kier molecular flexibility index (Phi) is 4.13. The van der Waals surface area contributed by atoms with Crippen LogP contribution in [0.2, 0.25) is 0 Å². The maximum atomic E-state index is 6.27. The van der Waals surface area contributed by atoms with E-state index in [2.05, 4.69) is 45.3 Å². The first-order valence-corrected chi connectivity index (χ1v) is 10.1. The molecule has 5 rings (SSSR count). The third-order valence-electron chi connectivity index (χ3n) is 6.24. The SMILES string of the molecule is CN1Nc2nc(N3CCC(C)(N)CC3)cnc2C1N1CCCc2cnccc21. The average Bonchev–Trinajstić information content (AvgIpc) is 3.02. The van der Waals surface area contributed by atoms with Gasteiger partial charge < -0.3 is 15.5 Å². The van der Waals surface area contributed by atoms with Gasteiger partial charge in [-0.15, -0.1) is 0 Å². The molecule has 0 bridgehead atoms. The number of fused-ring (bicyclic) bond motifs is 2. The predicted octanol–water partition coefficient (Wildman–Crippen LogP) is 1.91. The van der Waals surface area contributed by atoms with Crippen molar-refractivity contribution < 1.29 is 0 Å². The Bertz CT molecular complexity index is 872. The molecule has 0 aliphatic carbocycles. The minimum absolute atomic E-state index is 0.0340. The van der Waals surface area contributed by atoms with Crippen molar-refractivity contribution in [1.29, 1.82) is 0 Å². The number of nitrogens with one attached hydrogen (secondary N) is 1. The van der Waals surface area contributed by atoms with Crippen molar-refractivity contribution in [2.75, 3.05) is 41.9 Å². The van der Waals surface area contributed by atoms with E-state index in [1.165, 1.54) is 11.3 Å². The first-order chi connectivity index (χ1) is 13.5. The van der Waals surface area contributed by atoms with Gasteiger partial charge in [-0.1, -0.05) is 0 Å². The van der Waals surface area contributed by atoms with Gasteiger partial charge in [-0.3, -0.25) is 10.4 Å². The molecule has 1 atom stereocenters. The van der Waals surface area contributed by atoms with E-state index in [9.17, 15) is 0 Å². The van der Waals surface area contributed by atoms with E-state index in [0.717, 1.165) is 62.6 Å². The molecular weight excluding hydrogens is 352 g/mol. The Morgan fingerprint density at radius 1 is 1.21 bits per heavy atom. The molecule has 8 nitrogen and oxygen atoms in total. The lowest BCUT2D eigenvalue weighted by molar-refractivity contribution is 0.298. The maximum absolute atomic E-state index is 6.27. The summed E-state index contributed by atoms with van der Waals surface area (Å²) >= 11 is 0. The quantitative estimate of drug-likeness (QED) is 0.817. The summed E-state index contributed by atoms with van der Waals surface area (Å²) < 4.78 is 0. The number of hydrogen-bond acceptors (Lipinski definition) is 8. The van der Waals surface area contributed by atoms with Crippen molar-refractivity contribution >= 4 is 17.3 Å². The lowest BCUT2D eigenvalue weighted by Gasteiger charge is -2.38. The summed E-state index contributed by atoms with van der Waals surface area (Å²) in [6.07, 6.45) is 9.96. The van der Waals surface area contributed by atoms with Crippen LogP contribution in [0.4, 0.5) is 17.3 Å². The van der Waals surface area contributed by atoms with E-state index in [1.807, 2.05) is 18.6 Å². The van der Waals surface area contributed by atoms with Gasteiger partial charge in [0.1, 0.15) is 17.7 Å². The zero-order valence-corrected chi connectivity index (χ0v) is 16.6. The molecule has 3 aliphatic rings. The van der Waals surface area contributed by atoms with Gasteiger partial charge in [-0.2, -0.15) is 5.01 Å². The first kappa shape index (κ1) is 17.6. The molecule has 3 N–H and O–H groups in total. The second-order valence-electron chi connectivity index (χ2n) is 8.50. The third-order valence-corrected chi connectivity index (χ3v) is 6.24. The molecule has 3 aliphatic heterocycles. The number of nitrogens with two attached hydrogens (primary N) is 1. The molecule has 5 heterocycles. The van der Waals surface area contributed by atoms with E-state index in [0.29, 0.717) is 0 Å². The molecule has 8 heteroatoms. The van der Waals surface area contributed by atoms with E-state index in [1.54, 1.807) is 0 Å². The van der Waals surface area contributed by atoms with Crippen LogP contribution in [0.1, 0.15) is 43.6 Å². The van der Waals surface area contributed by atoms with Crippen LogP contribution in [0.15, 0.2) is 24.7 Å². The fourth-order valence-electron chi connectivity index (χ4n) is 4.53. The van der Waals surface area contributed by atoms with Crippen LogP contribution in [-0.2, 0) is 6.42 Å². The van der Waals surface area contributed by atoms with E-state index in [-0.39, 0.29) is 11.7 Å². The maximum Gasteiger partial charge on any atom is 0.168 e. The number of pyridine rings is 1. The molecule has 0 aromatic carbocycles. The first-order valence-electron chi connectivity index (χ1n) is 10.1. The normalized spacial score (nSPS) is 23.9. The number of piperidine rings is 1. The molecule has 0 amide bonds. The van der Waals surface area contributed by atoms with Gasteiger partial charge in [0.15, 0.2) is 5.82 Å². The van der Waals surface area contributed by atoms with Crippen LogP contribution in [0, 0.1) is 0 Å². The van der Waals surface area contributed by atoms with Crippen molar-refractivity contribution in [2.24, 2.45) is 5.73 Å². The highest BCUT2D eigenvalue weighted by atomic mass is 15.6. The van der Waals surface area contributed by atoms with Crippen LogP contribution < -0.4 is 21.0 Å². The van der Waals surface area contributed by atoms with Gasteiger partial charge in [0.25, 0.3) is 0 Å². The van der Waals surface area contributed by atoms with Gasteiger partial charge in [-0.05, 0) is 44.2 Å². The largest absolute Gasteiger partial charge is 0.355 e. The average molecular weight is 381 g/mol. The smallest absolute Gasteiger partial charge is 0.168 e. The van der Waals surface area contributed by atoms with E-state index in [4.69, 9.17) is 15.7 Å². The van der Waals surface area contributed by atoms with Gasteiger partial charge in [0.2, 0.25) is 0 Å². The number of aryl methyl sites for hydroxylation is 1. The number of hydrazine groups is 1. The van der Waals surface area contributed by atoms with Crippen LogP contribution >= 0.6 is 0 Å². The van der Waals surface area contributed by atoms with Gasteiger partial charge in [-0.25, -0.2) is 9.97 Å². The van der Waals surface area contributed by atoms with Crippen molar-refractivity contribution in [3.05, 3.63) is 35.9 Å². The molecule has 0 radical (unpaired) electrons. The molecular formula is C20H28N8. The second kappa shape index (κ2) is 6.56. The molecule has 2 aromatic heterocycles. The molecule has 1 saturated heterocycles. The fraction of sp³-hybridized carbons (Fsp3) is 0.550. The topological polar surface area (TPSA) is 86.4 Å². The Labute approximate surface area is 165 Å². The summed E-state index contributed by atoms with van der Waals surface area (Å²) in [5.74, 6) is 1.78.